The molecule has 2 rings (SSSR count). The highest BCUT2D eigenvalue weighted by Gasteiger charge is 2.05. The maximum atomic E-state index is 12.8. The summed E-state index contributed by atoms with van der Waals surface area (Å²) in [7, 11) is 0. The average Bonchev–Trinajstić information content (AvgIpc) is 2.70. The van der Waals surface area contributed by atoms with Crippen LogP contribution in [0.25, 0.3) is 0 Å². The summed E-state index contributed by atoms with van der Waals surface area (Å²) in [4.78, 5) is 23.4. The molecule has 3 amide bonds. The fourth-order valence-electron chi connectivity index (χ4n) is 2.23. The largest absolute Gasteiger partial charge is 0.494 e. The van der Waals surface area contributed by atoms with Crippen LogP contribution in [-0.2, 0) is 11.3 Å². The third-order valence-electron chi connectivity index (χ3n) is 3.60. The molecule has 3 N–H and O–H groups in total. The minimum atomic E-state index is -0.481. The number of urea groups is 1. The molecule has 0 radical (unpaired) electrons. The molecule has 28 heavy (non-hydrogen) atoms. The van der Waals surface area contributed by atoms with Gasteiger partial charge in [0.25, 0.3) is 0 Å². The van der Waals surface area contributed by atoms with E-state index in [0.29, 0.717) is 25.5 Å². The first-order chi connectivity index (χ1) is 13.6. The van der Waals surface area contributed by atoms with E-state index in [2.05, 4.69) is 16.0 Å². The van der Waals surface area contributed by atoms with Crippen LogP contribution in [0.5, 0.6) is 11.5 Å². The molecule has 0 heterocycles. The predicted molar refractivity (Wildman–Crippen MR) is 103 cm³/mol. The van der Waals surface area contributed by atoms with Crippen molar-refractivity contribution < 1.29 is 23.5 Å². The highest BCUT2D eigenvalue weighted by Crippen LogP contribution is 2.17. The molecule has 0 aliphatic carbocycles. The molecular weight excluding hydrogens is 365 g/mol. The van der Waals surface area contributed by atoms with E-state index < -0.39 is 6.03 Å². The summed E-state index contributed by atoms with van der Waals surface area (Å²) in [5.74, 6) is 0.784. The van der Waals surface area contributed by atoms with E-state index in [9.17, 15) is 14.0 Å². The van der Waals surface area contributed by atoms with E-state index in [1.54, 1.807) is 24.3 Å². The van der Waals surface area contributed by atoms with Gasteiger partial charge in [-0.1, -0.05) is 12.1 Å². The second kappa shape index (κ2) is 11.4. The second-order valence-electron chi connectivity index (χ2n) is 5.77. The van der Waals surface area contributed by atoms with Gasteiger partial charge in [0.15, 0.2) is 0 Å². The number of benzene rings is 2. The molecule has 150 valence electrons. The van der Waals surface area contributed by atoms with Crippen LogP contribution in [0, 0.1) is 5.82 Å². The normalized spacial score (nSPS) is 10.1. The van der Waals surface area contributed by atoms with Crippen molar-refractivity contribution in [2.75, 3.05) is 26.3 Å². The minimum absolute atomic E-state index is 0.154. The van der Waals surface area contributed by atoms with E-state index in [0.717, 1.165) is 11.3 Å². The maximum absolute atomic E-state index is 12.8. The van der Waals surface area contributed by atoms with Gasteiger partial charge in [-0.3, -0.25) is 4.79 Å². The van der Waals surface area contributed by atoms with Gasteiger partial charge in [0, 0.05) is 6.54 Å². The quantitative estimate of drug-likeness (QED) is 0.544. The predicted octanol–water partition coefficient (Wildman–Crippen LogP) is 2.22. The lowest BCUT2D eigenvalue weighted by Crippen LogP contribution is -2.42. The van der Waals surface area contributed by atoms with Gasteiger partial charge in [0.1, 0.15) is 23.9 Å². The van der Waals surface area contributed by atoms with Gasteiger partial charge >= 0.3 is 6.03 Å². The number of rotatable bonds is 10. The van der Waals surface area contributed by atoms with Crippen molar-refractivity contribution in [3.8, 4) is 11.5 Å². The third-order valence-corrected chi connectivity index (χ3v) is 3.60. The Balaban J connectivity index is 1.55. The molecule has 2 aromatic carbocycles. The monoisotopic (exact) mass is 389 g/mol. The summed E-state index contributed by atoms with van der Waals surface area (Å²) in [6.07, 6.45) is 0. The van der Waals surface area contributed by atoms with Crippen molar-refractivity contribution in [3.63, 3.8) is 0 Å². The summed E-state index contributed by atoms with van der Waals surface area (Å²) in [5.41, 5.74) is 0.757. The Labute approximate surface area is 163 Å². The molecule has 0 atom stereocenters. The molecule has 0 fully saturated rings. The van der Waals surface area contributed by atoms with E-state index in [1.165, 1.54) is 12.1 Å². The molecule has 7 nitrogen and oxygen atoms in total. The van der Waals surface area contributed by atoms with E-state index in [-0.39, 0.29) is 24.8 Å². The van der Waals surface area contributed by atoms with Crippen LogP contribution in [0.1, 0.15) is 12.5 Å². The van der Waals surface area contributed by atoms with Crippen molar-refractivity contribution >= 4 is 11.9 Å². The van der Waals surface area contributed by atoms with E-state index >= 15 is 0 Å². The molecule has 0 saturated carbocycles. The summed E-state index contributed by atoms with van der Waals surface area (Å²) in [6, 6.07) is 12.5. The molecule has 0 unspecified atom stereocenters. The van der Waals surface area contributed by atoms with E-state index in [4.69, 9.17) is 9.47 Å². The van der Waals surface area contributed by atoms with Crippen LogP contribution in [0.2, 0.25) is 0 Å². The summed E-state index contributed by atoms with van der Waals surface area (Å²) in [5, 5.41) is 7.69. The van der Waals surface area contributed by atoms with Crippen molar-refractivity contribution in [2.24, 2.45) is 0 Å². The summed E-state index contributed by atoms with van der Waals surface area (Å²) < 4.78 is 23.7. The zero-order chi connectivity index (χ0) is 20.2. The topological polar surface area (TPSA) is 88.7 Å². The van der Waals surface area contributed by atoms with Crippen LogP contribution in [-0.4, -0.2) is 38.2 Å². The van der Waals surface area contributed by atoms with Crippen molar-refractivity contribution in [1.29, 1.82) is 0 Å². The van der Waals surface area contributed by atoms with Gasteiger partial charge in [-0.05, 0) is 48.9 Å². The Morgan fingerprint density at radius 2 is 1.54 bits per heavy atom. The number of hydrogen-bond acceptors (Lipinski definition) is 4. The molecule has 2 aromatic rings. The SMILES string of the molecule is CCOc1ccc(OCCNC(=O)CNC(=O)NCc2ccc(F)cc2)cc1. The van der Waals surface area contributed by atoms with Crippen LogP contribution in [0.3, 0.4) is 0 Å². The fourth-order valence-corrected chi connectivity index (χ4v) is 2.23. The number of ether oxygens (including phenoxy) is 2. The zero-order valence-electron chi connectivity index (χ0n) is 15.7. The van der Waals surface area contributed by atoms with Crippen molar-refractivity contribution in [2.45, 2.75) is 13.5 Å². The number of carbonyl (C=O) groups is 2. The summed E-state index contributed by atoms with van der Waals surface area (Å²) in [6.45, 7) is 3.21. The molecule has 8 heteroatoms. The number of hydrogen-bond donors (Lipinski definition) is 3. The van der Waals surface area contributed by atoms with Crippen LogP contribution >= 0.6 is 0 Å². The Kier molecular flexibility index (Phi) is 8.58. The van der Waals surface area contributed by atoms with Gasteiger partial charge in [-0.2, -0.15) is 0 Å². The Morgan fingerprint density at radius 1 is 0.893 bits per heavy atom. The second-order valence-corrected chi connectivity index (χ2v) is 5.77. The third kappa shape index (κ3) is 7.94. The first-order valence-electron chi connectivity index (χ1n) is 8.95. The lowest BCUT2D eigenvalue weighted by atomic mass is 10.2. The Hall–Kier alpha value is -3.29. The van der Waals surface area contributed by atoms with Crippen LogP contribution < -0.4 is 25.4 Å². The smallest absolute Gasteiger partial charge is 0.315 e. The molecule has 0 bridgehead atoms. The first kappa shape index (κ1) is 21.0. The average molecular weight is 389 g/mol. The maximum Gasteiger partial charge on any atom is 0.315 e. The zero-order valence-corrected chi connectivity index (χ0v) is 15.7. The van der Waals surface area contributed by atoms with Gasteiger partial charge < -0.3 is 25.4 Å². The minimum Gasteiger partial charge on any atom is -0.494 e. The molecule has 0 aromatic heterocycles. The molecule has 0 saturated heterocycles. The highest BCUT2D eigenvalue weighted by atomic mass is 19.1. The van der Waals surface area contributed by atoms with Crippen LogP contribution in [0.15, 0.2) is 48.5 Å². The molecular formula is C20H24FN3O4. The van der Waals surface area contributed by atoms with Gasteiger partial charge in [-0.25, -0.2) is 9.18 Å². The Bertz CT molecular complexity index is 751. The number of halogens is 1. The van der Waals surface area contributed by atoms with Crippen LogP contribution in [0.4, 0.5) is 9.18 Å². The highest BCUT2D eigenvalue weighted by molar-refractivity contribution is 5.83. The standard InChI is InChI=1S/C20H24FN3O4/c1-2-27-17-7-9-18(10-8-17)28-12-11-22-19(25)14-24-20(26)23-13-15-3-5-16(21)6-4-15/h3-10H,2,11-14H2,1H3,(H,22,25)(H2,23,24,26). The van der Waals surface area contributed by atoms with Gasteiger partial charge in [0.05, 0.1) is 19.7 Å². The lowest BCUT2D eigenvalue weighted by molar-refractivity contribution is -0.120. The number of nitrogens with one attached hydrogen (secondary N) is 3. The van der Waals surface area contributed by atoms with Gasteiger partial charge in [0.2, 0.25) is 5.91 Å². The molecule has 0 aliphatic rings. The van der Waals surface area contributed by atoms with Crippen molar-refractivity contribution in [1.82, 2.24) is 16.0 Å². The van der Waals surface area contributed by atoms with Gasteiger partial charge in [-0.15, -0.1) is 0 Å². The Morgan fingerprint density at radius 3 is 2.18 bits per heavy atom. The lowest BCUT2D eigenvalue weighted by Gasteiger charge is -2.10. The number of carbonyl (C=O) groups excluding carboxylic acids is 2. The van der Waals surface area contributed by atoms with Crippen molar-refractivity contribution in [3.05, 3.63) is 59.9 Å². The fraction of sp³-hybridized carbons (Fsp3) is 0.300. The molecule has 0 aliphatic heterocycles. The summed E-state index contributed by atoms with van der Waals surface area (Å²) >= 11 is 0. The molecule has 0 spiro atoms. The van der Waals surface area contributed by atoms with E-state index in [1.807, 2.05) is 19.1 Å². The first-order valence-corrected chi connectivity index (χ1v) is 8.95. The number of amides is 3.